The van der Waals surface area contributed by atoms with Crippen molar-refractivity contribution in [3.8, 4) is 0 Å². The lowest BCUT2D eigenvalue weighted by Crippen LogP contribution is -2.37. The molecule has 2 aromatic carbocycles. The molecule has 0 radical (unpaired) electrons. The highest BCUT2D eigenvalue weighted by atomic mass is 127. The Morgan fingerprint density at radius 1 is 1.16 bits per heavy atom. The molecule has 6 nitrogen and oxygen atoms in total. The van der Waals surface area contributed by atoms with E-state index in [2.05, 4.69) is 15.6 Å². The van der Waals surface area contributed by atoms with Crippen molar-refractivity contribution in [1.82, 2.24) is 10.6 Å². The molecule has 0 heterocycles. The van der Waals surface area contributed by atoms with Crippen LogP contribution in [0.5, 0.6) is 0 Å². The molecule has 0 atom stereocenters. The Labute approximate surface area is 162 Å². The molecule has 0 amide bonds. The van der Waals surface area contributed by atoms with Gasteiger partial charge in [0.2, 0.25) is 0 Å². The number of benzene rings is 2. The van der Waals surface area contributed by atoms with E-state index in [9.17, 15) is 14.5 Å². The molecule has 134 valence electrons. The van der Waals surface area contributed by atoms with Gasteiger partial charge in [-0.2, -0.15) is 0 Å². The van der Waals surface area contributed by atoms with Gasteiger partial charge in [-0.25, -0.2) is 4.39 Å². The zero-order valence-corrected chi connectivity index (χ0v) is 16.1. The third-order valence-electron chi connectivity index (χ3n) is 3.43. The third-order valence-corrected chi connectivity index (χ3v) is 3.43. The second-order valence-corrected chi connectivity index (χ2v) is 5.16. The minimum atomic E-state index is -0.426. The summed E-state index contributed by atoms with van der Waals surface area (Å²) in [6.07, 6.45) is 0.677. The molecule has 8 heteroatoms. The first-order valence-electron chi connectivity index (χ1n) is 7.51. The van der Waals surface area contributed by atoms with E-state index < -0.39 is 4.92 Å². The second kappa shape index (κ2) is 10.6. The second-order valence-electron chi connectivity index (χ2n) is 5.16. The van der Waals surface area contributed by atoms with Crippen LogP contribution < -0.4 is 10.6 Å². The van der Waals surface area contributed by atoms with Gasteiger partial charge in [0.05, 0.1) is 4.92 Å². The van der Waals surface area contributed by atoms with Gasteiger partial charge in [-0.3, -0.25) is 15.1 Å². The number of hydrogen-bond acceptors (Lipinski definition) is 3. The van der Waals surface area contributed by atoms with Gasteiger partial charge in [-0.15, -0.1) is 24.0 Å². The highest BCUT2D eigenvalue weighted by molar-refractivity contribution is 14.0. The van der Waals surface area contributed by atoms with E-state index in [0.29, 0.717) is 25.5 Å². The first kappa shape index (κ1) is 20.8. The smallest absolute Gasteiger partial charge is 0.269 e. The molecule has 0 aliphatic carbocycles. The first-order chi connectivity index (χ1) is 11.6. The molecule has 0 spiro atoms. The molecule has 25 heavy (non-hydrogen) atoms. The maximum absolute atomic E-state index is 13.1. The largest absolute Gasteiger partial charge is 0.356 e. The SMILES string of the molecule is CN=C(NCCc1cccc(F)c1)NCc1ccc([N+](=O)[O-])cc1.I. The number of halogens is 2. The topological polar surface area (TPSA) is 79.6 Å². The predicted molar refractivity (Wildman–Crippen MR) is 107 cm³/mol. The summed E-state index contributed by atoms with van der Waals surface area (Å²) in [7, 11) is 1.66. The lowest BCUT2D eigenvalue weighted by atomic mass is 10.1. The number of nitrogens with one attached hydrogen (secondary N) is 2. The van der Waals surface area contributed by atoms with E-state index in [0.717, 1.165) is 11.1 Å². The average molecular weight is 458 g/mol. The summed E-state index contributed by atoms with van der Waals surface area (Å²) in [6.45, 7) is 1.11. The van der Waals surface area contributed by atoms with Crippen molar-refractivity contribution in [3.63, 3.8) is 0 Å². The standard InChI is InChI=1S/C17H19FN4O2.HI/c1-19-17(20-10-9-13-3-2-4-15(18)11-13)21-12-14-5-7-16(8-6-14)22(23)24;/h2-8,11H,9-10,12H2,1H3,(H2,19,20,21);1H. The number of hydrogen-bond donors (Lipinski definition) is 2. The number of nitrogens with zero attached hydrogens (tertiary/aromatic N) is 2. The summed E-state index contributed by atoms with van der Waals surface area (Å²) in [4.78, 5) is 14.3. The Kier molecular flexibility index (Phi) is 8.82. The van der Waals surface area contributed by atoms with E-state index in [1.54, 1.807) is 25.2 Å². The average Bonchev–Trinajstić information content (AvgIpc) is 2.58. The molecule has 2 aromatic rings. The molecular weight excluding hydrogens is 438 g/mol. The normalized spacial score (nSPS) is 10.7. The van der Waals surface area contributed by atoms with Crippen LogP contribution in [0.1, 0.15) is 11.1 Å². The molecule has 0 aliphatic rings. The summed E-state index contributed by atoms with van der Waals surface area (Å²) in [6, 6.07) is 12.8. The van der Waals surface area contributed by atoms with Gasteiger partial charge >= 0.3 is 0 Å². The van der Waals surface area contributed by atoms with Crippen LogP contribution in [0.3, 0.4) is 0 Å². The predicted octanol–water partition coefficient (Wildman–Crippen LogP) is 3.26. The molecule has 0 saturated heterocycles. The van der Waals surface area contributed by atoms with Gasteiger partial charge in [0, 0.05) is 32.3 Å². The minimum Gasteiger partial charge on any atom is -0.356 e. The van der Waals surface area contributed by atoms with Crippen LogP contribution in [-0.4, -0.2) is 24.5 Å². The summed E-state index contributed by atoms with van der Waals surface area (Å²) in [5.41, 5.74) is 1.89. The fourth-order valence-corrected chi connectivity index (χ4v) is 2.16. The fourth-order valence-electron chi connectivity index (χ4n) is 2.16. The van der Waals surface area contributed by atoms with Gasteiger partial charge < -0.3 is 10.6 Å². The van der Waals surface area contributed by atoms with Crippen molar-refractivity contribution in [1.29, 1.82) is 0 Å². The van der Waals surface area contributed by atoms with Gasteiger partial charge in [0.25, 0.3) is 5.69 Å². The molecule has 0 aromatic heterocycles. The van der Waals surface area contributed by atoms with E-state index in [1.165, 1.54) is 24.3 Å². The van der Waals surface area contributed by atoms with Gasteiger partial charge in [-0.1, -0.05) is 24.3 Å². The molecule has 2 N–H and O–H groups in total. The molecule has 0 saturated carbocycles. The number of nitro benzene ring substituents is 1. The Balaban J connectivity index is 0.00000312. The van der Waals surface area contributed by atoms with Crippen molar-refractivity contribution >= 4 is 35.6 Å². The van der Waals surface area contributed by atoms with E-state index >= 15 is 0 Å². The number of guanidine groups is 1. The van der Waals surface area contributed by atoms with Crippen LogP contribution in [0, 0.1) is 15.9 Å². The van der Waals surface area contributed by atoms with Crippen LogP contribution in [0.4, 0.5) is 10.1 Å². The minimum absolute atomic E-state index is 0. The highest BCUT2D eigenvalue weighted by Gasteiger charge is 2.04. The zero-order valence-electron chi connectivity index (χ0n) is 13.7. The molecule has 0 aliphatic heterocycles. The fraction of sp³-hybridized carbons (Fsp3) is 0.235. The third kappa shape index (κ3) is 7.04. The van der Waals surface area contributed by atoms with Crippen LogP contribution in [0.2, 0.25) is 0 Å². The summed E-state index contributed by atoms with van der Waals surface area (Å²) in [5.74, 6) is 0.373. The van der Waals surface area contributed by atoms with Gasteiger partial charge in [-0.05, 0) is 29.7 Å². The lowest BCUT2D eigenvalue weighted by Gasteiger charge is -2.12. The van der Waals surface area contributed by atoms with Crippen LogP contribution in [0.15, 0.2) is 53.5 Å². The molecule has 2 rings (SSSR count). The molecule has 0 bridgehead atoms. The van der Waals surface area contributed by atoms with E-state index in [-0.39, 0.29) is 35.5 Å². The van der Waals surface area contributed by atoms with Gasteiger partial charge in [0.1, 0.15) is 5.82 Å². The van der Waals surface area contributed by atoms with Crippen molar-refractivity contribution in [2.75, 3.05) is 13.6 Å². The number of rotatable bonds is 6. The maximum Gasteiger partial charge on any atom is 0.269 e. The van der Waals surface area contributed by atoms with Crippen molar-refractivity contribution < 1.29 is 9.31 Å². The molecular formula is C17H20FIN4O2. The van der Waals surface area contributed by atoms with Gasteiger partial charge in [0.15, 0.2) is 5.96 Å². The van der Waals surface area contributed by atoms with E-state index in [4.69, 9.17) is 0 Å². The van der Waals surface area contributed by atoms with E-state index in [1.807, 2.05) is 6.07 Å². The quantitative estimate of drug-likeness (QED) is 0.229. The van der Waals surface area contributed by atoms with Crippen molar-refractivity contribution in [2.24, 2.45) is 4.99 Å². The summed E-state index contributed by atoms with van der Waals surface area (Å²) < 4.78 is 13.1. The van der Waals surface area contributed by atoms with Crippen molar-refractivity contribution in [2.45, 2.75) is 13.0 Å². The zero-order chi connectivity index (χ0) is 17.4. The Morgan fingerprint density at radius 3 is 2.48 bits per heavy atom. The van der Waals surface area contributed by atoms with Crippen LogP contribution in [0.25, 0.3) is 0 Å². The Bertz CT molecular complexity index is 723. The Hall–Kier alpha value is -2.23. The lowest BCUT2D eigenvalue weighted by molar-refractivity contribution is -0.384. The number of nitro groups is 1. The highest BCUT2D eigenvalue weighted by Crippen LogP contribution is 2.11. The number of aliphatic imine (C=N–C) groups is 1. The monoisotopic (exact) mass is 458 g/mol. The molecule has 0 unspecified atom stereocenters. The number of non-ortho nitro benzene ring substituents is 1. The summed E-state index contributed by atoms with van der Waals surface area (Å²) >= 11 is 0. The van der Waals surface area contributed by atoms with Crippen LogP contribution >= 0.6 is 24.0 Å². The van der Waals surface area contributed by atoms with Crippen LogP contribution in [-0.2, 0) is 13.0 Å². The first-order valence-corrected chi connectivity index (χ1v) is 7.51. The molecule has 0 fully saturated rings. The summed E-state index contributed by atoms with van der Waals surface area (Å²) in [5, 5.41) is 16.9. The maximum atomic E-state index is 13.1. The Morgan fingerprint density at radius 2 is 1.88 bits per heavy atom. The van der Waals surface area contributed by atoms with Crippen molar-refractivity contribution in [3.05, 3.63) is 75.6 Å².